The smallest absolute Gasteiger partial charge is 0.110 e. The number of imidazole rings is 1. The van der Waals surface area contributed by atoms with E-state index < -0.39 is 0 Å². The Kier molecular flexibility index (Phi) is 4.32. The van der Waals surface area contributed by atoms with Gasteiger partial charge < -0.3 is 10.7 Å². The molecule has 4 heteroatoms. The molecule has 3 N–H and O–H groups in total. The summed E-state index contributed by atoms with van der Waals surface area (Å²) in [4.78, 5) is 7.74. The summed E-state index contributed by atoms with van der Waals surface area (Å²) in [6.07, 6.45) is 3.92. The standard InChI is InChI=1S/C15H18N4/c1-2-4-13(9-17)15-18-10-14(19-15)12-6-3-5-11(7-12)8-16/h3,5-7,10,13H,2,4,9,17H2,1H3,(H,18,19). The molecule has 0 saturated heterocycles. The molecule has 0 bridgehead atoms. The quantitative estimate of drug-likeness (QED) is 0.861. The van der Waals surface area contributed by atoms with E-state index >= 15 is 0 Å². The average molecular weight is 254 g/mol. The lowest BCUT2D eigenvalue weighted by Crippen LogP contribution is -2.13. The van der Waals surface area contributed by atoms with E-state index in [9.17, 15) is 0 Å². The van der Waals surface area contributed by atoms with Crippen LogP contribution in [0.5, 0.6) is 0 Å². The number of nitrogens with one attached hydrogen (secondary N) is 1. The maximum absolute atomic E-state index is 8.92. The molecule has 0 spiro atoms. The largest absolute Gasteiger partial charge is 0.342 e. The highest BCUT2D eigenvalue weighted by atomic mass is 14.9. The van der Waals surface area contributed by atoms with Gasteiger partial charge in [-0.05, 0) is 18.6 Å². The van der Waals surface area contributed by atoms with Crippen molar-refractivity contribution in [2.75, 3.05) is 6.54 Å². The highest BCUT2D eigenvalue weighted by molar-refractivity contribution is 5.60. The first kappa shape index (κ1) is 13.3. The van der Waals surface area contributed by atoms with Gasteiger partial charge in [-0.3, -0.25) is 0 Å². The third kappa shape index (κ3) is 3.01. The molecule has 2 aromatic rings. The van der Waals surface area contributed by atoms with Gasteiger partial charge in [0.1, 0.15) is 5.82 Å². The van der Waals surface area contributed by atoms with E-state index in [1.54, 1.807) is 6.07 Å². The normalized spacial score (nSPS) is 12.1. The third-order valence-corrected chi connectivity index (χ3v) is 3.21. The van der Waals surface area contributed by atoms with Crippen molar-refractivity contribution < 1.29 is 0 Å². The van der Waals surface area contributed by atoms with Crippen molar-refractivity contribution in [3.63, 3.8) is 0 Å². The molecule has 19 heavy (non-hydrogen) atoms. The van der Waals surface area contributed by atoms with Gasteiger partial charge in [0.25, 0.3) is 0 Å². The second-order valence-corrected chi connectivity index (χ2v) is 4.60. The molecule has 1 aromatic heterocycles. The summed E-state index contributed by atoms with van der Waals surface area (Å²) >= 11 is 0. The van der Waals surface area contributed by atoms with Crippen LogP contribution in [-0.2, 0) is 0 Å². The van der Waals surface area contributed by atoms with Crippen molar-refractivity contribution in [1.82, 2.24) is 9.97 Å². The molecule has 0 aliphatic rings. The topological polar surface area (TPSA) is 78.5 Å². The Morgan fingerprint density at radius 1 is 1.47 bits per heavy atom. The van der Waals surface area contributed by atoms with Crippen molar-refractivity contribution in [2.24, 2.45) is 5.73 Å². The first-order chi connectivity index (χ1) is 9.28. The van der Waals surface area contributed by atoms with Crippen LogP contribution in [-0.4, -0.2) is 16.5 Å². The summed E-state index contributed by atoms with van der Waals surface area (Å²) in [5.74, 6) is 1.21. The number of aromatic nitrogens is 2. The molecular weight excluding hydrogens is 236 g/mol. The number of benzene rings is 1. The van der Waals surface area contributed by atoms with Crippen LogP contribution in [0.3, 0.4) is 0 Å². The highest BCUT2D eigenvalue weighted by Crippen LogP contribution is 2.22. The van der Waals surface area contributed by atoms with Crippen molar-refractivity contribution in [3.8, 4) is 17.3 Å². The Morgan fingerprint density at radius 3 is 3.00 bits per heavy atom. The van der Waals surface area contributed by atoms with Gasteiger partial charge in [0, 0.05) is 18.0 Å². The fourth-order valence-electron chi connectivity index (χ4n) is 2.16. The number of nitrogens with two attached hydrogens (primary N) is 1. The predicted octanol–water partition coefficient (Wildman–Crippen LogP) is 2.79. The highest BCUT2D eigenvalue weighted by Gasteiger charge is 2.13. The second-order valence-electron chi connectivity index (χ2n) is 4.60. The summed E-state index contributed by atoms with van der Waals surface area (Å²) in [6.45, 7) is 2.74. The maximum Gasteiger partial charge on any atom is 0.110 e. The second kappa shape index (κ2) is 6.17. The molecule has 1 unspecified atom stereocenters. The lowest BCUT2D eigenvalue weighted by molar-refractivity contribution is 0.595. The number of hydrogen-bond acceptors (Lipinski definition) is 3. The van der Waals surface area contributed by atoms with Crippen molar-refractivity contribution in [2.45, 2.75) is 25.7 Å². The molecule has 2 rings (SSSR count). The average Bonchev–Trinajstić information content (AvgIpc) is 2.94. The third-order valence-electron chi connectivity index (χ3n) is 3.21. The minimum absolute atomic E-state index is 0.276. The molecule has 1 heterocycles. The SMILES string of the molecule is CCCC(CN)c1ncc(-c2cccc(C#N)c2)[nH]1. The molecule has 98 valence electrons. The zero-order chi connectivity index (χ0) is 13.7. The van der Waals surface area contributed by atoms with Crippen LogP contribution < -0.4 is 5.73 Å². The Hall–Kier alpha value is -2.12. The van der Waals surface area contributed by atoms with E-state index in [1.807, 2.05) is 24.4 Å². The van der Waals surface area contributed by atoms with E-state index in [1.165, 1.54) is 0 Å². The molecule has 0 saturated carbocycles. The Labute approximate surface area is 113 Å². The van der Waals surface area contributed by atoms with Gasteiger partial charge in [0.15, 0.2) is 0 Å². The van der Waals surface area contributed by atoms with Crippen LogP contribution in [0.1, 0.15) is 37.1 Å². The van der Waals surface area contributed by atoms with Gasteiger partial charge in [-0.15, -0.1) is 0 Å². The van der Waals surface area contributed by atoms with Gasteiger partial charge >= 0.3 is 0 Å². The van der Waals surface area contributed by atoms with Crippen molar-refractivity contribution in [3.05, 3.63) is 41.9 Å². The zero-order valence-electron chi connectivity index (χ0n) is 11.1. The van der Waals surface area contributed by atoms with Gasteiger partial charge in [0.05, 0.1) is 23.5 Å². The lowest BCUT2D eigenvalue weighted by atomic mass is 10.0. The molecule has 1 aromatic carbocycles. The van der Waals surface area contributed by atoms with E-state index in [2.05, 4.69) is 23.0 Å². The van der Waals surface area contributed by atoms with Crippen molar-refractivity contribution in [1.29, 1.82) is 5.26 Å². The first-order valence-electron chi connectivity index (χ1n) is 6.54. The monoisotopic (exact) mass is 254 g/mol. The van der Waals surface area contributed by atoms with Crippen LogP contribution in [0, 0.1) is 11.3 Å². The molecule has 1 atom stereocenters. The minimum Gasteiger partial charge on any atom is -0.342 e. The molecule has 0 aliphatic carbocycles. The van der Waals surface area contributed by atoms with Crippen LogP contribution in [0.25, 0.3) is 11.3 Å². The van der Waals surface area contributed by atoms with Gasteiger partial charge in [-0.2, -0.15) is 5.26 Å². The molecule has 0 amide bonds. The Morgan fingerprint density at radius 2 is 2.32 bits per heavy atom. The van der Waals surface area contributed by atoms with Crippen molar-refractivity contribution >= 4 is 0 Å². The van der Waals surface area contributed by atoms with E-state index in [-0.39, 0.29) is 5.92 Å². The Balaban J connectivity index is 2.27. The number of rotatable bonds is 5. The molecule has 0 fully saturated rings. The van der Waals surface area contributed by atoms with E-state index in [0.717, 1.165) is 29.9 Å². The summed E-state index contributed by atoms with van der Waals surface area (Å²) in [6, 6.07) is 9.64. The summed E-state index contributed by atoms with van der Waals surface area (Å²) in [5.41, 5.74) is 8.34. The molecule has 0 aliphatic heterocycles. The zero-order valence-corrected chi connectivity index (χ0v) is 11.1. The number of H-pyrrole nitrogens is 1. The lowest BCUT2D eigenvalue weighted by Gasteiger charge is -2.09. The van der Waals surface area contributed by atoms with Gasteiger partial charge in [-0.1, -0.05) is 25.5 Å². The number of aromatic amines is 1. The minimum atomic E-state index is 0.276. The van der Waals surface area contributed by atoms with Gasteiger partial charge in [-0.25, -0.2) is 4.98 Å². The molecular formula is C15H18N4. The van der Waals surface area contributed by atoms with Gasteiger partial charge in [0.2, 0.25) is 0 Å². The first-order valence-corrected chi connectivity index (χ1v) is 6.54. The van der Waals surface area contributed by atoms with Crippen LogP contribution in [0.2, 0.25) is 0 Å². The van der Waals surface area contributed by atoms with Crippen LogP contribution in [0.4, 0.5) is 0 Å². The fourth-order valence-corrected chi connectivity index (χ4v) is 2.16. The summed E-state index contributed by atoms with van der Waals surface area (Å²) < 4.78 is 0. The van der Waals surface area contributed by atoms with Crippen LogP contribution >= 0.6 is 0 Å². The molecule has 4 nitrogen and oxygen atoms in total. The summed E-state index contributed by atoms with van der Waals surface area (Å²) in [5, 5.41) is 8.92. The number of hydrogen-bond donors (Lipinski definition) is 2. The van der Waals surface area contributed by atoms with Crippen LogP contribution in [0.15, 0.2) is 30.5 Å². The number of nitriles is 1. The molecule has 0 radical (unpaired) electrons. The maximum atomic E-state index is 8.92. The summed E-state index contributed by atoms with van der Waals surface area (Å²) in [7, 11) is 0. The predicted molar refractivity (Wildman–Crippen MR) is 75.4 cm³/mol. The fraction of sp³-hybridized carbons (Fsp3) is 0.333. The Bertz CT molecular complexity index is 580. The number of nitrogens with zero attached hydrogens (tertiary/aromatic N) is 2. The van der Waals surface area contributed by atoms with E-state index in [4.69, 9.17) is 11.0 Å². The van der Waals surface area contributed by atoms with E-state index in [0.29, 0.717) is 12.1 Å².